The van der Waals surface area contributed by atoms with Gasteiger partial charge in [-0.25, -0.2) is 0 Å². The summed E-state index contributed by atoms with van der Waals surface area (Å²) in [5, 5.41) is 12.2. The highest BCUT2D eigenvalue weighted by atomic mass is 16.3. The molecule has 2 aromatic heterocycles. The summed E-state index contributed by atoms with van der Waals surface area (Å²) in [6.07, 6.45) is 4.40. The fraction of sp³-hybridized carbons (Fsp3) is 0.409. The average Bonchev–Trinajstić information content (AvgIpc) is 3.24. The average molecular weight is 363 g/mol. The number of aromatic amines is 1. The van der Waals surface area contributed by atoms with Crippen LogP contribution in [0.15, 0.2) is 41.3 Å². The number of aromatic nitrogens is 2. The molecule has 5 heteroatoms. The molecule has 140 valence electrons. The summed E-state index contributed by atoms with van der Waals surface area (Å²) >= 11 is 0. The monoisotopic (exact) mass is 363 g/mol. The van der Waals surface area contributed by atoms with E-state index in [1.54, 1.807) is 12.3 Å². The molecule has 2 aliphatic heterocycles. The highest BCUT2D eigenvalue weighted by Gasteiger charge is 2.35. The lowest BCUT2D eigenvalue weighted by Crippen LogP contribution is -2.31. The van der Waals surface area contributed by atoms with Crippen LogP contribution in [-0.2, 0) is 13.0 Å². The van der Waals surface area contributed by atoms with Crippen molar-refractivity contribution in [2.75, 3.05) is 13.1 Å². The third-order valence-corrected chi connectivity index (χ3v) is 6.24. The second kappa shape index (κ2) is 6.36. The third-order valence-electron chi connectivity index (χ3n) is 6.24. The largest absolute Gasteiger partial charge is 0.387 e. The summed E-state index contributed by atoms with van der Waals surface area (Å²) in [5.41, 5.74) is 5.79. The first kappa shape index (κ1) is 16.8. The maximum Gasteiger partial charge on any atom is 0.248 e. The molecule has 2 atom stereocenters. The van der Waals surface area contributed by atoms with Gasteiger partial charge >= 0.3 is 0 Å². The molecule has 1 saturated heterocycles. The van der Waals surface area contributed by atoms with E-state index in [1.807, 2.05) is 0 Å². The summed E-state index contributed by atoms with van der Waals surface area (Å²) in [5.74, 6) is 0. The number of aliphatic hydroxyl groups excluding tert-OH is 1. The van der Waals surface area contributed by atoms with E-state index in [-0.39, 0.29) is 5.56 Å². The summed E-state index contributed by atoms with van der Waals surface area (Å²) in [6, 6.07) is 10.4. The Bertz CT molecular complexity index is 1070. The Morgan fingerprint density at radius 3 is 3.00 bits per heavy atom. The number of hydrogen-bond acceptors (Lipinski definition) is 3. The Labute approximate surface area is 158 Å². The molecule has 0 radical (unpaired) electrons. The lowest BCUT2D eigenvalue weighted by molar-refractivity contribution is 0.155. The molecule has 5 rings (SSSR count). The molecule has 0 bridgehead atoms. The summed E-state index contributed by atoms with van der Waals surface area (Å²) in [7, 11) is 0. The van der Waals surface area contributed by atoms with Gasteiger partial charge in [0.05, 0.1) is 12.6 Å². The molecule has 0 amide bonds. The van der Waals surface area contributed by atoms with Gasteiger partial charge in [0.25, 0.3) is 0 Å². The fourth-order valence-corrected chi connectivity index (χ4v) is 5.01. The maximum absolute atomic E-state index is 11.6. The van der Waals surface area contributed by atoms with Crippen molar-refractivity contribution in [1.29, 1.82) is 0 Å². The van der Waals surface area contributed by atoms with Crippen molar-refractivity contribution in [2.45, 2.75) is 44.9 Å². The Balaban J connectivity index is 1.63. The number of hydrogen-bond donors (Lipinski definition) is 2. The molecule has 3 aromatic rings. The molecule has 0 spiro atoms. The minimum absolute atomic E-state index is 0.178. The molecule has 2 unspecified atom stereocenters. The molecule has 2 N–H and O–H groups in total. The molecule has 2 aliphatic rings. The minimum Gasteiger partial charge on any atom is -0.387 e. The van der Waals surface area contributed by atoms with Crippen molar-refractivity contribution in [2.24, 2.45) is 0 Å². The van der Waals surface area contributed by atoms with Gasteiger partial charge in [0.15, 0.2) is 0 Å². The molecule has 0 saturated carbocycles. The van der Waals surface area contributed by atoms with E-state index in [0.717, 1.165) is 13.0 Å². The number of nitrogens with zero attached hydrogens (tertiary/aromatic N) is 2. The Morgan fingerprint density at radius 1 is 1.26 bits per heavy atom. The first-order valence-electron chi connectivity index (χ1n) is 9.84. The van der Waals surface area contributed by atoms with Crippen LogP contribution in [0.2, 0.25) is 0 Å². The van der Waals surface area contributed by atoms with Crippen molar-refractivity contribution in [3.63, 3.8) is 0 Å². The predicted molar refractivity (Wildman–Crippen MR) is 106 cm³/mol. The number of aryl methyl sites for hydroxylation is 1. The highest BCUT2D eigenvalue weighted by Crippen LogP contribution is 2.43. The zero-order valence-electron chi connectivity index (χ0n) is 15.6. The normalized spacial score (nSPS) is 20.6. The summed E-state index contributed by atoms with van der Waals surface area (Å²) in [6.45, 7) is 4.90. The first-order chi connectivity index (χ1) is 13.1. The van der Waals surface area contributed by atoms with Crippen molar-refractivity contribution in [3.8, 4) is 0 Å². The van der Waals surface area contributed by atoms with Gasteiger partial charge in [0.1, 0.15) is 0 Å². The highest BCUT2D eigenvalue weighted by molar-refractivity contribution is 5.87. The number of benzene rings is 1. The van der Waals surface area contributed by atoms with Crippen LogP contribution in [0.4, 0.5) is 0 Å². The number of fused-ring (bicyclic) bond motifs is 5. The van der Waals surface area contributed by atoms with Crippen molar-refractivity contribution in [1.82, 2.24) is 14.5 Å². The zero-order chi connectivity index (χ0) is 18.5. The van der Waals surface area contributed by atoms with E-state index in [1.165, 1.54) is 53.2 Å². The second-order valence-electron chi connectivity index (χ2n) is 7.94. The number of H-pyrrole nitrogens is 1. The van der Waals surface area contributed by atoms with Crippen LogP contribution in [0.25, 0.3) is 10.9 Å². The van der Waals surface area contributed by atoms with Crippen molar-refractivity contribution < 1.29 is 5.11 Å². The Morgan fingerprint density at radius 2 is 2.15 bits per heavy atom. The van der Waals surface area contributed by atoms with Gasteiger partial charge in [-0.15, -0.1) is 0 Å². The second-order valence-corrected chi connectivity index (χ2v) is 7.94. The van der Waals surface area contributed by atoms with E-state index in [0.29, 0.717) is 18.2 Å². The molecule has 0 aliphatic carbocycles. The summed E-state index contributed by atoms with van der Waals surface area (Å²) < 4.78 is 2.30. The third kappa shape index (κ3) is 2.73. The number of pyridine rings is 1. The van der Waals surface area contributed by atoms with Crippen LogP contribution in [0.3, 0.4) is 0 Å². The van der Waals surface area contributed by atoms with Gasteiger partial charge in [-0.2, -0.15) is 0 Å². The van der Waals surface area contributed by atoms with Gasteiger partial charge in [0.2, 0.25) is 5.56 Å². The van der Waals surface area contributed by atoms with E-state index in [2.05, 4.69) is 39.6 Å². The molecule has 5 nitrogen and oxygen atoms in total. The van der Waals surface area contributed by atoms with Crippen molar-refractivity contribution >= 4 is 10.9 Å². The lowest BCUT2D eigenvalue weighted by atomic mass is 9.95. The molecule has 1 fully saturated rings. The van der Waals surface area contributed by atoms with E-state index < -0.39 is 6.10 Å². The van der Waals surface area contributed by atoms with Crippen LogP contribution in [0.5, 0.6) is 0 Å². The molecule has 27 heavy (non-hydrogen) atoms. The molecule has 1 aromatic carbocycles. The van der Waals surface area contributed by atoms with Crippen LogP contribution in [0, 0.1) is 6.92 Å². The van der Waals surface area contributed by atoms with E-state index in [4.69, 9.17) is 0 Å². The van der Waals surface area contributed by atoms with Crippen LogP contribution in [-0.4, -0.2) is 32.6 Å². The minimum atomic E-state index is -0.699. The number of rotatable bonds is 3. The Kier molecular flexibility index (Phi) is 3.95. The van der Waals surface area contributed by atoms with E-state index >= 15 is 0 Å². The first-order valence-corrected chi connectivity index (χ1v) is 9.84. The lowest BCUT2D eigenvalue weighted by Gasteiger charge is -2.31. The topological polar surface area (TPSA) is 61.3 Å². The van der Waals surface area contributed by atoms with Gasteiger partial charge in [-0.1, -0.05) is 11.6 Å². The predicted octanol–water partition coefficient (Wildman–Crippen LogP) is 3.06. The van der Waals surface area contributed by atoms with Gasteiger partial charge in [-0.05, 0) is 55.6 Å². The van der Waals surface area contributed by atoms with Crippen LogP contribution < -0.4 is 5.56 Å². The van der Waals surface area contributed by atoms with Crippen LogP contribution >= 0.6 is 0 Å². The standard InChI is InChI=1S/C22H25N3O2/c1-14-4-5-17-16(11-14)22-18-3-2-9-24(18)10-7-19(22)25(17)13-20(26)15-6-8-23-21(27)12-15/h4-6,8,11-12,18,20,26H,2-3,7,9-10,13H2,1H3,(H,23,27). The maximum atomic E-state index is 11.6. The zero-order valence-corrected chi connectivity index (χ0v) is 15.6. The Hall–Kier alpha value is -2.37. The van der Waals surface area contributed by atoms with Gasteiger partial charge in [-0.3, -0.25) is 9.69 Å². The summed E-state index contributed by atoms with van der Waals surface area (Å²) in [4.78, 5) is 16.9. The molecular formula is C22H25N3O2. The fourth-order valence-electron chi connectivity index (χ4n) is 5.01. The number of nitrogens with one attached hydrogen (secondary N) is 1. The van der Waals surface area contributed by atoms with E-state index in [9.17, 15) is 9.90 Å². The van der Waals surface area contributed by atoms with Gasteiger partial charge in [0, 0.05) is 47.9 Å². The number of aliphatic hydroxyl groups is 1. The smallest absolute Gasteiger partial charge is 0.248 e. The quantitative estimate of drug-likeness (QED) is 0.752. The SMILES string of the molecule is Cc1ccc2c(c1)c1c(n2CC(O)c2cc[nH]c(=O)c2)CCN2CCCC12. The van der Waals surface area contributed by atoms with Gasteiger partial charge < -0.3 is 14.7 Å². The van der Waals surface area contributed by atoms with Crippen LogP contribution in [0.1, 0.15) is 47.4 Å². The van der Waals surface area contributed by atoms with Crippen molar-refractivity contribution in [3.05, 3.63) is 69.3 Å². The molecule has 4 heterocycles. The molecular weight excluding hydrogens is 338 g/mol.